The Labute approximate surface area is 187 Å². The number of thiophene rings is 1. The number of methoxy groups -OCH3 is 1. The summed E-state index contributed by atoms with van der Waals surface area (Å²) in [6.45, 7) is 2.78. The molecule has 0 aliphatic rings. The first-order valence-electron chi connectivity index (χ1n) is 9.96. The summed E-state index contributed by atoms with van der Waals surface area (Å²) in [4.78, 5) is 13.6. The molecule has 0 atom stereocenters. The number of anilines is 1. The van der Waals surface area contributed by atoms with Gasteiger partial charge in [0.25, 0.3) is 0 Å². The van der Waals surface area contributed by atoms with Crippen LogP contribution in [0.5, 0.6) is 0 Å². The van der Waals surface area contributed by atoms with E-state index in [-0.39, 0.29) is 5.97 Å². The summed E-state index contributed by atoms with van der Waals surface area (Å²) in [5.74, 6) is -0.369. The van der Waals surface area contributed by atoms with Crippen LogP contribution in [0.2, 0.25) is 0 Å². The second-order valence-electron chi connectivity index (χ2n) is 6.92. The van der Waals surface area contributed by atoms with Crippen LogP contribution in [0, 0.1) is 6.92 Å². The average Bonchev–Trinajstić information content (AvgIpc) is 3.09. The zero-order valence-corrected chi connectivity index (χ0v) is 18.9. The summed E-state index contributed by atoms with van der Waals surface area (Å²) in [5, 5.41) is 7.67. The van der Waals surface area contributed by atoms with Crippen molar-refractivity contribution in [1.29, 1.82) is 0 Å². The van der Waals surface area contributed by atoms with E-state index in [1.165, 1.54) is 24.0 Å². The fourth-order valence-corrected chi connectivity index (χ4v) is 4.67. The van der Waals surface area contributed by atoms with Crippen molar-refractivity contribution < 1.29 is 9.53 Å². The van der Waals surface area contributed by atoms with Gasteiger partial charge >= 0.3 is 5.97 Å². The normalized spacial score (nSPS) is 10.5. The van der Waals surface area contributed by atoms with E-state index in [1.807, 2.05) is 43.3 Å². The smallest absolute Gasteiger partial charge is 0.341 e. The van der Waals surface area contributed by atoms with Gasteiger partial charge in [-0.15, -0.1) is 11.3 Å². The molecule has 0 radical (unpaired) electrons. The minimum Gasteiger partial charge on any atom is -0.465 e. The average molecular weight is 439 g/mol. The molecule has 1 heterocycles. The van der Waals surface area contributed by atoms with E-state index in [0.717, 1.165) is 41.8 Å². The van der Waals surface area contributed by atoms with Crippen LogP contribution in [0.25, 0.3) is 11.1 Å². The maximum Gasteiger partial charge on any atom is 0.341 e. The molecule has 0 bridgehead atoms. The highest BCUT2D eigenvalue weighted by atomic mass is 32.1. The molecule has 4 nitrogen and oxygen atoms in total. The van der Waals surface area contributed by atoms with Crippen molar-refractivity contribution in [2.24, 2.45) is 0 Å². The lowest BCUT2D eigenvalue weighted by Gasteiger charge is -2.11. The number of nitrogens with one attached hydrogen (secondary N) is 2. The predicted octanol–water partition coefficient (Wildman–Crippen LogP) is 5.82. The molecular formula is C24H26N2O2S2. The van der Waals surface area contributed by atoms with Gasteiger partial charge in [-0.2, -0.15) is 0 Å². The number of thiocarbonyl (C=S) groups is 1. The minimum absolute atomic E-state index is 0.369. The number of hydrogen-bond acceptors (Lipinski definition) is 4. The van der Waals surface area contributed by atoms with E-state index in [2.05, 4.69) is 34.9 Å². The van der Waals surface area contributed by atoms with Gasteiger partial charge in [0.15, 0.2) is 5.11 Å². The molecule has 156 valence electrons. The van der Waals surface area contributed by atoms with Crippen LogP contribution in [0.15, 0.2) is 60.7 Å². The molecule has 1 aromatic heterocycles. The molecule has 0 aliphatic heterocycles. The Morgan fingerprint density at radius 3 is 2.37 bits per heavy atom. The van der Waals surface area contributed by atoms with Crippen molar-refractivity contribution >= 4 is 39.6 Å². The largest absolute Gasteiger partial charge is 0.465 e. The van der Waals surface area contributed by atoms with Crippen LogP contribution in [0.3, 0.4) is 0 Å². The van der Waals surface area contributed by atoms with Gasteiger partial charge < -0.3 is 15.4 Å². The Morgan fingerprint density at radius 1 is 1.03 bits per heavy atom. The van der Waals surface area contributed by atoms with Crippen molar-refractivity contribution in [3.05, 3.63) is 76.7 Å². The van der Waals surface area contributed by atoms with E-state index in [1.54, 1.807) is 0 Å². The molecule has 6 heteroatoms. The summed E-state index contributed by atoms with van der Waals surface area (Å²) in [6, 6.07) is 20.3. The molecule has 0 saturated carbocycles. The van der Waals surface area contributed by atoms with Gasteiger partial charge in [-0.1, -0.05) is 60.7 Å². The van der Waals surface area contributed by atoms with Crippen LogP contribution in [0.4, 0.5) is 5.00 Å². The maximum atomic E-state index is 12.5. The third-order valence-electron chi connectivity index (χ3n) is 4.78. The third-order valence-corrected chi connectivity index (χ3v) is 6.05. The van der Waals surface area contributed by atoms with Gasteiger partial charge in [0.05, 0.1) is 7.11 Å². The first kappa shape index (κ1) is 22.0. The molecule has 0 spiro atoms. The number of carbonyl (C=O) groups excluding carboxylic acids is 1. The molecule has 3 aromatic rings. The van der Waals surface area contributed by atoms with Crippen molar-refractivity contribution in [3.8, 4) is 11.1 Å². The van der Waals surface area contributed by atoms with Gasteiger partial charge in [-0.05, 0) is 49.5 Å². The molecule has 0 fully saturated rings. The minimum atomic E-state index is -0.369. The van der Waals surface area contributed by atoms with Crippen molar-refractivity contribution in [3.63, 3.8) is 0 Å². The third kappa shape index (κ3) is 5.68. The topological polar surface area (TPSA) is 50.4 Å². The number of unbranched alkanes of at least 4 members (excludes halogenated alkanes) is 1. The number of ether oxygens (including phenoxy) is 1. The molecule has 3 rings (SSSR count). The predicted molar refractivity (Wildman–Crippen MR) is 129 cm³/mol. The SMILES string of the molecule is COC(=O)c1c(NC(=S)NCCCCc2ccccc2)sc(C)c1-c1ccccc1. The second-order valence-corrected chi connectivity index (χ2v) is 8.55. The Hall–Kier alpha value is -2.70. The lowest BCUT2D eigenvalue weighted by molar-refractivity contribution is 0.0603. The number of aryl methyl sites for hydroxylation is 2. The van der Waals surface area contributed by atoms with Crippen LogP contribution in [-0.4, -0.2) is 24.7 Å². The van der Waals surface area contributed by atoms with E-state index < -0.39 is 0 Å². The molecule has 0 aliphatic carbocycles. The Morgan fingerprint density at radius 2 is 1.70 bits per heavy atom. The lowest BCUT2D eigenvalue weighted by atomic mass is 10.0. The number of carbonyl (C=O) groups is 1. The first-order valence-corrected chi connectivity index (χ1v) is 11.2. The molecule has 2 N–H and O–H groups in total. The molecular weight excluding hydrogens is 412 g/mol. The number of esters is 1. The molecule has 30 heavy (non-hydrogen) atoms. The zero-order chi connectivity index (χ0) is 21.3. The van der Waals surface area contributed by atoms with Crippen LogP contribution < -0.4 is 10.6 Å². The number of benzene rings is 2. The summed E-state index contributed by atoms with van der Waals surface area (Å²) in [6.07, 6.45) is 3.16. The Balaban J connectivity index is 1.61. The highest BCUT2D eigenvalue weighted by molar-refractivity contribution is 7.80. The highest BCUT2D eigenvalue weighted by Crippen LogP contribution is 2.40. The lowest BCUT2D eigenvalue weighted by Crippen LogP contribution is -2.29. The van der Waals surface area contributed by atoms with Gasteiger partial charge in [0.2, 0.25) is 0 Å². The monoisotopic (exact) mass is 438 g/mol. The van der Waals surface area contributed by atoms with Crippen LogP contribution >= 0.6 is 23.6 Å². The quantitative estimate of drug-likeness (QED) is 0.264. The Kier molecular flexibility index (Phi) is 7.99. The zero-order valence-electron chi connectivity index (χ0n) is 17.2. The Bertz CT molecular complexity index is 985. The van der Waals surface area contributed by atoms with E-state index in [0.29, 0.717) is 15.7 Å². The summed E-state index contributed by atoms with van der Waals surface area (Å²) in [7, 11) is 1.40. The van der Waals surface area contributed by atoms with Crippen LogP contribution in [0.1, 0.15) is 33.6 Å². The second kappa shape index (κ2) is 10.9. The fraction of sp³-hybridized carbons (Fsp3) is 0.250. The first-order chi connectivity index (χ1) is 14.6. The number of hydrogen-bond donors (Lipinski definition) is 2. The van der Waals surface area contributed by atoms with Gasteiger partial charge in [0, 0.05) is 17.0 Å². The van der Waals surface area contributed by atoms with E-state index in [9.17, 15) is 4.79 Å². The fourth-order valence-electron chi connectivity index (χ4n) is 3.33. The molecule has 0 unspecified atom stereocenters. The summed E-state index contributed by atoms with van der Waals surface area (Å²) < 4.78 is 5.05. The molecule has 2 aromatic carbocycles. The van der Waals surface area contributed by atoms with Gasteiger partial charge in [0.1, 0.15) is 10.6 Å². The van der Waals surface area contributed by atoms with E-state index >= 15 is 0 Å². The van der Waals surface area contributed by atoms with Crippen molar-refractivity contribution in [2.75, 3.05) is 19.0 Å². The van der Waals surface area contributed by atoms with Crippen molar-refractivity contribution in [2.45, 2.75) is 26.2 Å². The maximum absolute atomic E-state index is 12.5. The number of rotatable bonds is 8. The van der Waals surface area contributed by atoms with Gasteiger partial charge in [-0.3, -0.25) is 0 Å². The van der Waals surface area contributed by atoms with E-state index in [4.69, 9.17) is 17.0 Å². The highest BCUT2D eigenvalue weighted by Gasteiger charge is 2.24. The van der Waals surface area contributed by atoms with Crippen LogP contribution in [-0.2, 0) is 11.2 Å². The molecule has 0 saturated heterocycles. The van der Waals surface area contributed by atoms with Crippen molar-refractivity contribution in [1.82, 2.24) is 5.32 Å². The standard InChI is InChI=1S/C24H26N2O2S2/c1-17-20(19-14-7-4-8-15-19)21(23(27)28-2)22(30-17)26-24(29)25-16-10-9-13-18-11-5-3-6-12-18/h3-8,11-12,14-15H,9-10,13,16H2,1-2H3,(H2,25,26,29). The molecule has 0 amide bonds. The summed E-state index contributed by atoms with van der Waals surface area (Å²) in [5.41, 5.74) is 3.75. The summed E-state index contributed by atoms with van der Waals surface area (Å²) >= 11 is 6.97. The van der Waals surface area contributed by atoms with Gasteiger partial charge in [-0.25, -0.2) is 4.79 Å².